The zero-order valence-corrected chi connectivity index (χ0v) is 10.7. The second kappa shape index (κ2) is 4.87. The minimum Gasteiger partial charge on any atom is -0.258 e. The van der Waals surface area contributed by atoms with Gasteiger partial charge in [0.1, 0.15) is 5.69 Å². The molecule has 0 aliphatic rings. The first-order valence-corrected chi connectivity index (χ1v) is 5.71. The molecule has 0 saturated heterocycles. The number of nitrogens with zero attached hydrogens (tertiary/aromatic N) is 5. The standard InChI is InChI=1S/C9H7Cl2N5O2/c1-2-5-8(16(17)18)9(11)15(14-5)7-4-3-6(10)12-13-7/h3-4H,2H2,1H3. The molecule has 0 aliphatic heterocycles. The van der Waals surface area contributed by atoms with Gasteiger partial charge in [-0.2, -0.15) is 9.78 Å². The van der Waals surface area contributed by atoms with Gasteiger partial charge in [0.15, 0.2) is 11.0 Å². The molecule has 0 fully saturated rings. The molecule has 0 radical (unpaired) electrons. The van der Waals surface area contributed by atoms with Crippen molar-refractivity contribution in [2.24, 2.45) is 0 Å². The summed E-state index contributed by atoms with van der Waals surface area (Å²) < 4.78 is 1.17. The van der Waals surface area contributed by atoms with Gasteiger partial charge < -0.3 is 0 Å². The van der Waals surface area contributed by atoms with Gasteiger partial charge in [0.2, 0.25) is 5.15 Å². The molecular weight excluding hydrogens is 281 g/mol. The largest absolute Gasteiger partial charge is 0.329 e. The molecule has 9 heteroatoms. The third kappa shape index (κ3) is 2.14. The Morgan fingerprint density at radius 3 is 2.56 bits per heavy atom. The Kier molecular flexibility index (Phi) is 3.44. The van der Waals surface area contributed by atoms with Crippen LogP contribution in [0.2, 0.25) is 10.3 Å². The molecule has 0 unspecified atom stereocenters. The molecule has 0 bridgehead atoms. The summed E-state index contributed by atoms with van der Waals surface area (Å²) in [6.07, 6.45) is 0.393. The highest BCUT2D eigenvalue weighted by molar-refractivity contribution is 6.32. The highest BCUT2D eigenvalue weighted by atomic mass is 35.5. The minimum absolute atomic E-state index is 0.103. The minimum atomic E-state index is -0.561. The maximum atomic E-state index is 10.9. The second-order valence-electron chi connectivity index (χ2n) is 3.32. The van der Waals surface area contributed by atoms with Gasteiger partial charge in [-0.3, -0.25) is 10.1 Å². The van der Waals surface area contributed by atoms with Crippen LogP contribution in [0, 0.1) is 10.1 Å². The van der Waals surface area contributed by atoms with Crippen molar-refractivity contribution in [3.8, 4) is 5.82 Å². The lowest BCUT2D eigenvalue weighted by Gasteiger charge is -1.99. The number of aryl methyl sites for hydroxylation is 1. The van der Waals surface area contributed by atoms with E-state index in [1.807, 2.05) is 0 Å². The molecule has 2 aromatic heterocycles. The maximum Gasteiger partial charge on any atom is 0.329 e. The SMILES string of the molecule is CCc1nn(-c2ccc(Cl)nn2)c(Cl)c1[N+](=O)[O-]. The third-order valence-electron chi connectivity index (χ3n) is 2.23. The molecule has 7 nitrogen and oxygen atoms in total. The molecule has 0 atom stereocenters. The van der Waals surface area contributed by atoms with Gasteiger partial charge in [-0.05, 0) is 18.6 Å². The average Bonchev–Trinajstić information content (AvgIpc) is 2.67. The van der Waals surface area contributed by atoms with E-state index in [9.17, 15) is 10.1 Å². The van der Waals surface area contributed by atoms with Gasteiger partial charge in [0.25, 0.3) is 0 Å². The Morgan fingerprint density at radius 2 is 2.11 bits per heavy atom. The van der Waals surface area contributed by atoms with Crippen molar-refractivity contribution in [2.75, 3.05) is 0 Å². The molecule has 18 heavy (non-hydrogen) atoms. The summed E-state index contributed by atoms with van der Waals surface area (Å²) in [7, 11) is 0. The smallest absolute Gasteiger partial charge is 0.258 e. The fourth-order valence-corrected chi connectivity index (χ4v) is 1.83. The van der Waals surface area contributed by atoms with E-state index in [0.29, 0.717) is 12.1 Å². The molecule has 0 N–H and O–H groups in total. The van der Waals surface area contributed by atoms with Crippen LogP contribution in [0.4, 0.5) is 5.69 Å². The highest BCUT2D eigenvalue weighted by Gasteiger charge is 2.26. The Hall–Kier alpha value is -1.73. The summed E-state index contributed by atoms with van der Waals surface area (Å²) in [6.45, 7) is 1.75. The molecule has 94 valence electrons. The van der Waals surface area contributed by atoms with Crippen LogP contribution in [0.5, 0.6) is 0 Å². The van der Waals surface area contributed by atoms with Crippen molar-refractivity contribution < 1.29 is 4.92 Å². The zero-order valence-electron chi connectivity index (χ0n) is 9.17. The van der Waals surface area contributed by atoms with Gasteiger partial charge in [0, 0.05) is 0 Å². The van der Waals surface area contributed by atoms with E-state index in [2.05, 4.69) is 15.3 Å². The number of halogens is 2. The van der Waals surface area contributed by atoms with Gasteiger partial charge >= 0.3 is 5.69 Å². The van der Waals surface area contributed by atoms with Crippen LogP contribution in [-0.4, -0.2) is 24.9 Å². The van der Waals surface area contributed by atoms with Crippen LogP contribution < -0.4 is 0 Å². The zero-order chi connectivity index (χ0) is 13.3. The summed E-state index contributed by atoms with van der Waals surface area (Å²) in [5.74, 6) is 0.271. The first-order chi connectivity index (χ1) is 8.54. The van der Waals surface area contributed by atoms with Gasteiger partial charge in [0.05, 0.1) is 4.92 Å². The summed E-state index contributed by atoms with van der Waals surface area (Å²) in [5, 5.41) is 22.5. The molecule has 0 aliphatic carbocycles. The molecule has 2 rings (SSSR count). The highest BCUT2D eigenvalue weighted by Crippen LogP contribution is 2.30. The van der Waals surface area contributed by atoms with Crippen molar-refractivity contribution in [1.82, 2.24) is 20.0 Å². The lowest BCUT2D eigenvalue weighted by atomic mass is 10.3. The second-order valence-corrected chi connectivity index (χ2v) is 4.07. The van der Waals surface area contributed by atoms with E-state index in [-0.39, 0.29) is 21.8 Å². The quantitative estimate of drug-likeness (QED) is 0.639. The predicted octanol–water partition coefficient (Wildman–Crippen LogP) is 2.44. The molecule has 2 heterocycles. The fourth-order valence-electron chi connectivity index (χ4n) is 1.42. The van der Waals surface area contributed by atoms with Crippen LogP contribution in [0.1, 0.15) is 12.6 Å². The fraction of sp³-hybridized carbons (Fsp3) is 0.222. The number of hydrogen-bond acceptors (Lipinski definition) is 5. The van der Waals surface area contributed by atoms with Crippen LogP contribution in [0.3, 0.4) is 0 Å². The van der Waals surface area contributed by atoms with E-state index in [4.69, 9.17) is 23.2 Å². The van der Waals surface area contributed by atoms with Crippen LogP contribution in [-0.2, 0) is 6.42 Å². The molecule has 0 spiro atoms. The van der Waals surface area contributed by atoms with E-state index < -0.39 is 4.92 Å². The summed E-state index contributed by atoms with van der Waals surface area (Å²) in [5.41, 5.74) is 0.0812. The van der Waals surface area contributed by atoms with E-state index in [1.54, 1.807) is 6.92 Å². The Morgan fingerprint density at radius 1 is 1.39 bits per heavy atom. The van der Waals surface area contributed by atoms with Gasteiger partial charge in [-0.25, -0.2) is 0 Å². The van der Waals surface area contributed by atoms with Crippen LogP contribution >= 0.6 is 23.2 Å². The van der Waals surface area contributed by atoms with Crippen LogP contribution in [0.25, 0.3) is 5.82 Å². The van der Waals surface area contributed by atoms with Crippen molar-refractivity contribution in [3.63, 3.8) is 0 Å². The number of aromatic nitrogens is 4. The normalized spacial score (nSPS) is 10.6. The molecule has 0 saturated carbocycles. The molecule has 0 aromatic carbocycles. The topological polar surface area (TPSA) is 86.7 Å². The summed E-state index contributed by atoms with van der Waals surface area (Å²) in [6, 6.07) is 3.02. The Bertz CT molecular complexity index is 596. The predicted molar refractivity (Wildman–Crippen MR) is 65.2 cm³/mol. The number of rotatable bonds is 3. The van der Waals surface area contributed by atoms with Crippen molar-refractivity contribution in [2.45, 2.75) is 13.3 Å². The van der Waals surface area contributed by atoms with Crippen molar-refractivity contribution >= 4 is 28.9 Å². The molecule has 0 amide bonds. The number of nitro groups is 1. The first-order valence-electron chi connectivity index (χ1n) is 4.96. The summed E-state index contributed by atoms with van der Waals surface area (Å²) >= 11 is 11.5. The van der Waals surface area contributed by atoms with Gasteiger partial charge in [-0.15, -0.1) is 10.2 Å². The van der Waals surface area contributed by atoms with Crippen LogP contribution in [0.15, 0.2) is 12.1 Å². The van der Waals surface area contributed by atoms with E-state index >= 15 is 0 Å². The summed E-state index contributed by atoms with van der Waals surface area (Å²) in [4.78, 5) is 10.3. The lowest BCUT2D eigenvalue weighted by Crippen LogP contribution is -2.01. The van der Waals surface area contributed by atoms with Crippen molar-refractivity contribution in [3.05, 3.63) is 38.2 Å². The lowest BCUT2D eigenvalue weighted by molar-refractivity contribution is -0.385. The molecule has 2 aromatic rings. The Balaban J connectivity index is 2.59. The molecular formula is C9H7Cl2N5O2. The maximum absolute atomic E-state index is 10.9. The van der Waals surface area contributed by atoms with Crippen molar-refractivity contribution in [1.29, 1.82) is 0 Å². The average molecular weight is 288 g/mol. The Labute approximate surface area is 111 Å². The first kappa shape index (κ1) is 12.7. The van der Waals surface area contributed by atoms with E-state index in [1.165, 1.54) is 16.8 Å². The monoisotopic (exact) mass is 287 g/mol. The number of hydrogen-bond donors (Lipinski definition) is 0. The third-order valence-corrected chi connectivity index (χ3v) is 2.77. The van der Waals surface area contributed by atoms with Gasteiger partial charge in [-0.1, -0.05) is 30.1 Å². The van der Waals surface area contributed by atoms with E-state index in [0.717, 1.165) is 0 Å².